The molecule has 0 aromatic carbocycles. The van der Waals surface area contributed by atoms with E-state index in [2.05, 4.69) is 4.98 Å². The number of sulfone groups is 1. The van der Waals surface area contributed by atoms with Crippen molar-refractivity contribution in [1.29, 1.82) is 0 Å². The lowest BCUT2D eigenvalue weighted by atomic mass is 10.2. The van der Waals surface area contributed by atoms with Crippen LogP contribution in [0, 0.1) is 0 Å². The predicted molar refractivity (Wildman–Crippen MR) is 67.8 cm³/mol. The summed E-state index contributed by atoms with van der Waals surface area (Å²) >= 11 is 5.85. The molecular weight excluding hydrogens is 276 g/mol. The first-order chi connectivity index (χ1) is 8.50. The Morgan fingerprint density at radius 2 is 2.17 bits per heavy atom. The zero-order valence-corrected chi connectivity index (χ0v) is 10.8. The van der Waals surface area contributed by atoms with Gasteiger partial charge in [0.2, 0.25) is 0 Å². The maximum absolute atomic E-state index is 11.2. The molecule has 3 heterocycles. The van der Waals surface area contributed by atoms with Crippen LogP contribution in [0.5, 0.6) is 0 Å². The third-order valence-electron chi connectivity index (χ3n) is 3.10. The zero-order valence-electron chi connectivity index (χ0n) is 9.21. The number of nitrogens with zero attached hydrogens (tertiary/aromatic N) is 2. The summed E-state index contributed by atoms with van der Waals surface area (Å²) in [6.07, 6.45) is 2.47. The number of halogens is 1. The van der Waals surface area contributed by atoms with E-state index in [-0.39, 0.29) is 22.7 Å². The summed E-state index contributed by atoms with van der Waals surface area (Å²) in [4.78, 5) is 15.1. The summed E-state index contributed by atoms with van der Waals surface area (Å²) in [7, 11) is -2.90. The Bertz CT molecular complexity index is 739. The third kappa shape index (κ3) is 1.72. The Hall–Kier alpha value is -1.40. The molecule has 0 radical (unpaired) electrons. The van der Waals surface area contributed by atoms with E-state index in [1.54, 1.807) is 16.8 Å². The fourth-order valence-electron chi connectivity index (χ4n) is 2.21. The highest BCUT2D eigenvalue weighted by atomic mass is 35.5. The first-order valence-corrected chi connectivity index (χ1v) is 7.53. The summed E-state index contributed by atoms with van der Waals surface area (Å²) in [5, 5.41) is 0.922. The highest BCUT2D eigenvalue weighted by molar-refractivity contribution is 7.92. The number of aromatic nitrogens is 2. The van der Waals surface area contributed by atoms with Crippen molar-refractivity contribution < 1.29 is 13.2 Å². The molecule has 0 spiro atoms. The standard InChI is InChI=1S/C11H9ClN2O3S/c12-10-3-7(4-15)9-1-2-14(11(9)13-10)8-5-18(16,17)6-8/h1-4,8H,5-6H2. The van der Waals surface area contributed by atoms with Crippen LogP contribution in [0.4, 0.5) is 0 Å². The summed E-state index contributed by atoms with van der Waals surface area (Å²) in [5.41, 5.74) is 1.02. The largest absolute Gasteiger partial charge is 0.327 e. The van der Waals surface area contributed by atoms with Crippen LogP contribution in [-0.2, 0) is 9.84 Å². The Morgan fingerprint density at radius 3 is 2.78 bits per heavy atom. The lowest BCUT2D eigenvalue weighted by Gasteiger charge is -2.27. The molecule has 1 aliphatic rings. The van der Waals surface area contributed by atoms with Gasteiger partial charge in [0.25, 0.3) is 0 Å². The molecule has 1 saturated heterocycles. The van der Waals surface area contributed by atoms with Crippen molar-refractivity contribution in [3.63, 3.8) is 0 Å². The predicted octanol–water partition coefficient (Wildman–Crippen LogP) is 1.47. The topological polar surface area (TPSA) is 69.0 Å². The maximum Gasteiger partial charge on any atom is 0.154 e. The second-order valence-corrected chi connectivity index (χ2v) is 6.88. The Labute approximate surface area is 108 Å². The van der Waals surface area contributed by atoms with Gasteiger partial charge in [0.05, 0.1) is 17.5 Å². The molecule has 0 aliphatic carbocycles. The van der Waals surface area contributed by atoms with E-state index in [1.165, 1.54) is 6.07 Å². The number of pyridine rings is 1. The SMILES string of the molecule is O=Cc1cc(Cl)nc2c1ccn2C1CS(=O)(=O)C1. The van der Waals surface area contributed by atoms with Gasteiger partial charge in [-0.3, -0.25) is 4.79 Å². The van der Waals surface area contributed by atoms with E-state index in [0.717, 1.165) is 6.29 Å². The first kappa shape index (κ1) is 11.7. The number of carbonyl (C=O) groups excluding carboxylic acids is 1. The number of hydrogen-bond donors (Lipinski definition) is 0. The Balaban J connectivity index is 2.15. The zero-order chi connectivity index (χ0) is 12.9. The van der Waals surface area contributed by atoms with Crippen molar-refractivity contribution in [3.8, 4) is 0 Å². The van der Waals surface area contributed by atoms with Crippen LogP contribution in [0.25, 0.3) is 11.0 Å². The van der Waals surface area contributed by atoms with Crippen molar-refractivity contribution in [2.24, 2.45) is 0 Å². The molecule has 7 heteroatoms. The molecule has 3 rings (SSSR count). The second-order valence-electron chi connectivity index (χ2n) is 4.34. The highest BCUT2D eigenvalue weighted by Crippen LogP contribution is 2.29. The highest BCUT2D eigenvalue weighted by Gasteiger charge is 2.35. The fraction of sp³-hybridized carbons (Fsp3) is 0.273. The van der Waals surface area contributed by atoms with Crippen molar-refractivity contribution in [2.75, 3.05) is 11.5 Å². The van der Waals surface area contributed by atoms with Gasteiger partial charge in [0, 0.05) is 17.1 Å². The maximum atomic E-state index is 11.2. The van der Waals surface area contributed by atoms with Gasteiger partial charge < -0.3 is 4.57 Å². The summed E-state index contributed by atoms with van der Waals surface area (Å²) in [5.74, 6) is 0.225. The summed E-state index contributed by atoms with van der Waals surface area (Å²) < 4.78 is 24.2. The lowest BCUT2D eigenvalue weighted by Crippen LogP contribution is -2.37. The van der Waals surface area contributed by atoms with Crippen LogP contribution >= 0.6 is 11.6 Å². The Kier molecular flexibility index (Phi) is 2.46. The molecule has 0 N–H and O–H groups in total. The molecule has 1 fully saturated rings. The van der Waals surface area contributed by atoms with Crippen LogP contribution in [0.3, 0.4) is 0 Å². The molecule has 0 saturated carbocycles. The molecule has 94 valence electrons. The minimum absolute atomic E-state index is 0.112. The van der Waals surface area contributed by atoms with E-state index in [0.29, 0.717) is 16.6 Å². The fourth-order valence-corrected chi connectivity index (χ4v) is 3.81. The quantitative estimate of drug-likeness (QED) is 0.619. The van der Waals surface area contributed by atoms with Crippen LogP contribution in [-0.4, -0.2) is 35.8 Å². The average Bonchev–Trinajstić information content (AvgIpc) is 2.67. The van der Waals surface area contributed by atoms with Gasteiger partial charge in [-0.25, -0.2) is 13.4 Å². The molecule has 18 heavy (non-hydrogen) atoms. The van der Waals surface area contributed by atoms with Gasteiger partial charge in [-0.2, -0.15) is 0 Å². The monoisotopic (exact) mass is 284 g/mol. The molecule has 5 nitrogen and oxygen atoms in total. The van der Waals surface area contributed by atoms with Gasteiger partial charge >= 0.3 is 0 Å². The van der Waals surface area contributed by atoms with Gasteiger partial charge in [-0.05, 0) is 12.1 Å². The molecule has 0 atom stereocenters. The van der Waals surface area contributed by atoms with E-state index < -0.39 is 9.84 Å². The van der Waals surface area contributed by atoms with E-state index in [9.17, 15) is 13.2 Å². The van der Waals surface area contributed by atoms with E-state index in [4.69, 9.17) is 11.6 Å². The number of aldehydes is 1. The molecule has 0 unspecified atom stereocenters. The minimum atomic E-state index is -2.90. The third-order valence-corrected chi connectivity index (χ3v) is 5.08. The van der Waals surface area contributed by atoms with Crippen LogP contribution in [0.2, 0.25) is 5.15 Å². The molecule has 2 aromatic rings. The number of carbonyl (C=O) groups is 1. The van der Waals surface area contributed by atoms with E-state index >= 15 is 0 Å². The molecule has 2 aromatic heterocycles. The molecule has 0 bridgehead atoms. The van der Waals surface area contributed by atoms with Crippen molar-refractivity contribution in [1.82, 2.24) is 9.55 Å². The van der Waals surface area contributed by atoms with Crippen molar-refractivity contribution >= 4 is 38.8 Å². The average molecular weight is 285 g/mol. The van der Waals surface area contributed by atoms with Gasteiger partial charge in [0.1, 0.15) is 10.8 Å². The van der Waals surface area contributed by atoms with Gasteiger partial charge in [-0.1, -0.05) is 11.6 Å². The van der Waals surface area contributed by atoms with Gasteiger partial charge in [-0.15, -0.1) is 0 Å². The normalized spacial score (nSPS) is 18.7. The van der Waals surface area contributed by atoms with Crippen LogP contribution in [0.1, 0.15) is 16.4 Å². The smallest absolute Gasteiger partial charge is 0.154 e. The van der Waals surface area contributed by atoms with Crippen molar-refractivity contribution in [3.05, 3.63) is 29.0 Å². The lowest BCUT2D eigenvalue weighted by molar-refractivity contribution is 0.112. The first-order valence-electron chi connectivity index (χ1n) is 5.33. The summed E-state index contributed by atoms with van der Waals surface area (Å²) in [6.45, 7) is 0. The number of hydrogen-bond acceptors (Lipinski definition) is 4. The minimum Gasteiger partial charge on any atom is -0.327 e. The Morgan fingerprint density at radius 1 is 1.44 bits per heavy atom. The molecule has 1 aliphatic heterocycles. The molecular formula is C11H9ClN2O3S. The van der Waals surface area contributed by atoms with Crippen molar-refractivity contribution in [2.45, 2.75) is 6.04 Å². The second kappa shape index (κ2) is 3.80. The summed E-state index contributed by atoms with van der Waals surface area (Å²) in [6, 6.07) is 3.14. The number of rotatable bonds is 2. The molecule has 0 amide bonds. The van der Waals surface area contributed by atoms with E-state index in [1.807, 2.05) is 0 Å². The van der Waals surface area contributed by atoms with Crippen LogP contribution < -0.4 is 0 Å². The van der Waals surface area contributed by atoms with Crippen LogP contribution in [0.15, 0.2) is 18.3 Å². The number of fused-ring (bicyclic) bond motifs is 1. The van der Waals surface area contributed by atoms with Gasteiger partial charge in [0.15, 0.2) is 16.1 Å².